The molecule has 13 heteroatoms. The van der Waals surface area contributed by atoms with E-state index in [0.717, 1.165) is 23.5 Å². The Morgan fingerprint density at radius 2 is 1.70 bits per heavy atom. The summed E-state index contributed by atoms with van der Waals surface area (Å²) in [5.41, 5.74) is -0.955. The molecule has 2 heterocycles. The topological polar surface area (TPSA) is 110 Å². The number of benzene rings is 2. The summed E-state index contributed by atoms with van der Waals surface area (Å²) >= 11 is 0. The molecule has 5 rings (SSSR count). The average molecular weight is 600 g/mol. The molecule has 1 saturated heterocycles. The number of piperazine rings is 1. The van der Waals surface area contributed by atoms with Gasteiger partial charge in [-0.05, 0) is 62.9 Å². The van der Waals surface area contributed by atoms with Crippen LogP contribution < -0.4 is 19.7 Å². The standard InChI is InChI=1S/C30H32F3N5O5/c1-20-5-10-24(11-6-20)43-29(39)37-17-15-36(16-18-37)27-3-2-4-28(35-27)42-23-12-7-21(8-13-23)34-22-9-14-26(38(40)41)25(19-22)30(31,32)33/h2-6,9-11,14,19,21,23,34H,7-8,12-13,15-18H2,1H3. The lowest BCUT2D eigenvalue weighted by molar-refractivity contribution is -0.388. The largest absolute Gasteiger partial charge is 0.474 e. The summed E-state index contributed by atoms with van der Waals surface area (Å²) in [6.45, 7) is 4.14. The van der Waals surface area contributed by atoms with Crippen molar-refractivity contribution in [3.8, 4) is 11.6 Å². The number of carbonyl (C=O) groups is 1. The van der Waals surface area contributed by atoms with Gasteiger partial charge in [0, 0.05) is 50.0 Å². The minimum absolute atomic E-state index is 0.0873. The Hall–Kier alpha value is -4.55. The molecule has 0 radical (unpaired) electrons. The number of pyridine rings is 1. The molecule has 2 aliphatic rings. The second-order valence-corrected chi connectivity index (χ2v) is 10.7. The number of nitro benzene ring substituents is 1. The van der Waals surface area contributed by atoms with Gasteiger partial charge in [0.25, 0.3) is 5.69 Å². The highest BCUT2D eigenvalue weighted by molar-refractivity contribution is 5.71. The number of anilines is 2. The number of ether oxygens (including phenoxy) is 2. The lowest BCUT2D eigenvalue weighted by Crippen LogP contribution is -2.49. The van der Waals surface area contributed by atoms with E-state index in [1.165, 1.54) is 6.07 Å². The molecular formula is C30H32F3N5O5. The molecule has 1 saturated carbocycles. The third kappa shape index (κ3) is 7.65. The van der Waals surface area contributed by atoms with Crippen molar-refractivity contribution < 1.29 is 32.4 Å². The van der Waals surface area contributed by atoms with Crippen LogP contribution in [0.4, 0.5) is 35.2 Å². The van der Waals surface area contributed by atoms with Gasteiger partial charge >= 0.3 is 12.3 Å². The van der Waals surface area contributed by atoms with E-state index in [-0.39, 0.29) is 23.9 Å². The molecule has 0 unspecified atom stereocenters. The molecule has 1 aromatic heterocycles. The number of hydrogen-bond donors (Lipinski definition) is 1. The minimum atomic E-state index is -4.83. The zero-order valence-electron chi connectivity index (χ0n) is 23.5. The number of rotatable bonds is 7. The van der Waals surface area contributed by atoms with Crippen molar-refractivity contribution in [2.75, 3.05) is 36.4 Å². The van der Waals surface area contributed by atoms with Gasteiger partial charge in [-0.3, -0.25) is 10.1 Å². The van der Waals surface area contributed by atoms with E-state index in [4.69, 9.17) is 9.47 Å². The molecule has 2 fully saturated rings. The Bertz CT molecular complexity index is 1440. The lowest BCUT2D eigenvalue weighted by atomic mass is 9.92. The van der Waals surface area contributed by atoms with E-state index >= 15 is 0 Å². The number of hydrogen-bond acceptors (Lipinski definition) is 8. The highest BCUT2D eigenvalue weighted by atomic mass is 19.4. The molecule has 1 aliphatic heterocycles. The molecule has 0 bridgehead atoms. The van der Waals surface area contributed by atoms with Crippen LogP contribution in [0.2, 0.25) is 0 Å². The molecule has 0 spiro atoms. The van der Waals surface area contributed by atoms with E-state index in [1.54, 1.807) is 23.1 Å². The molecular weight excluding hydrogens is 567 g/mol. The average Bonchev–Trinajstić information content (AvgIpc) is 2.99. The summed E-state index contributed by atoms with van der Waals surface area (Å²) in [5, 5.41) is 14.1. The molecule has 2 aromatic carbocycles. The summed E-state index contributed by atoms with van der Waals surface area (Å²) in [5.74, 6) is 1.75. The van der Waals surface area contributed by atoms with Crippen molar-refractivity contribution in [2.24, 2.45) is 0 Å². The van der Waals surface area contributed by atoms with Crippen LogP contribution in [0.25, 0.3) is 0 Å². The van der Waals surface area contributed by atoms with Gasteiger partial charge in [0.15, 0.2) is 0 Å². The Morgan fingerprint density at radius 3 is 2.35 bits per heavy atom. The third-order valence-electron chi connectivity index (χ3n) is 7.63. The zero-order chi connectivity index (χ0) is 30.6. The number of aryl methyl sites for hydroxylation is 1. The maximum absolute atomic E-state index is 13.3. The number of nitrogens with zero attached hydrogens (tertiary/aromatic N) is 4. The Kier molecular flexibility index (Phi) is 8.88. The molecule has 1 amide bonds. The van der Waals surface area contributed by atoms with E-state index in [2.05, 4.69) is 15.2 Å². The van der Waals surface area contributed by atoms with Crippen molar-refractivity contribution in [2.45, 2.75) is 50.9 Å². The number of aromatic nitrogens is 1. The fraction of sp³-hybridized carbons (Fsp3) is 0.400. The normalized spacial score (nSPS) is 19.1. The van der Waals surface area contributed by atoms with Crippen LogP contribution in [0.1, 0.15) is 36.8 Å². The van der Waals surface area contributed by atoms with Gasteiger partial charge < -0.3 is 24.6 Å². The Morgan fingerprint density at radius 1 is 1.00 bits per heavy atom. The predicted molar refractivity (Wildman–Crippen MR) is 154 cm³/mol. The third-order valence-corrected chi connectivity index (χ3v) is 7.63. The molecule has 1 aliphatic carbocycles. The second-order valence-electron chi connectivity index (χ2n) is 10.7. The van der Waals surface area contributed by atoms with E-state index < -0.39 is 22.4 Å². The van der Waals surface area contributed by atoms with E-state index in [1.807, 2.05) is 31.2 Å². The van der Waals surface area contributed by atoms with Crippen molar-refractivity contribution in [3.63, 3.8) is 0 Å². The van der Waals surface area contributed by atoms with Gasteiger partial charge in [-0.25, -0.2) is 4.79 Å². The van der Waals surface area contributed by atoms with Gasteiger partial charge in [0.05, 0.1) is 4.92 Å². The summed E-state index contributed by atoms with van der Waals surface area (Å²) in [7, 11) is 0. The number of nitrogens with one attached hydrogen (secondary N) is 1. The van der Waals surface area contributed by atoms with Gasteiger partial charge in [-0.15, -0.1) is 0 Å². The quantitative estimate of drug-likeness (QED) is 0.244. The maximum atomic E-state index is 13.3. The summed E-state index contributed by atoms with van der Waals surface area (Å²) in [6, 6.07) is 15.8. The second kappa shape index (κ2) is 12.8. The molecule has 43 heavy (non-hydrogen) atoms. The van der Waals surface area contributed by atoms with Gasteiger partial charge in [-0.2, -0.15) is 18.2 Å². The lowest BCUT2D eigenvalue weighted by Gasteiger charge is -2.35. The van der Waals surface area contributed by atoms with Crippen molar-refractivity contribution >= 4 is 23.3 Å². The fourth-order valence-corrected chi connectivity index (χ4v) is 5.28. The highest BCUT2D eigenvalue weighted by Crippen LogP contribution is 2.38. The maximum Gasteiger partial charge on any atom is 0.423 e. The van der Waals surface area contributed by atoms with Crippen molar-refractivity contribution in [1.29, 1.82) is 0 Å². The Labute approximate surface area is 246 Å². The van der Waals surface area contributed by atoms with Crippen LogP contribution in [0.3, 0.4) is 0 Å². The van der Waals surface area contributed by atoms with Gasteiger partial charge in [0.2, 0.25) is 5.88 Å². The molecule has 10 nitrogen and oxygen atoms in total. The smallest absolute Gasteiger partial charge is 0.423 e. The highest BCUT2D eigenvalue weighted by Gasteiger charge is 2.38. The molecule has 0 atom stereocenters. The zero-order valence-corrected chi connectivity index (χ0v) is 23.5. The first-order valence-corrected chi connectivity index (χ1v) is 14.1. The summed E-state index contributed by atoms with van der Waals surface area (Å²) in [4.78, 5) is 31.0. The van der Waals surface area contributed by atoms with Crippen molar-refractivity contribution in [1.82, 2.24) is 9.88 Å². The number of amides is 1. The van der Waals surface area contributed by atoms with E-state index in [9.17, 15) is 28.1 Å². The Balaban J connectivity index is 1.10. The van der Waals surface area contributed by atoms with Crippen LogP contribution in [-0.4, -0.2) is 59.2 Å². The summed E-state index contributed by atoms with van der Waals surface area (Å²) < 4.78 is 51.6. The van der Waals surface area contributed by atoms with Gasteiger partial charge in [-0.1, -0.05) is 23.8 Å². The number of nitro groups is 1. The molecule has 3 aromatic rings. The van der Waals surface area contributed by atoms with E-state index in [0.29, 0.717) is 63.5 Å². The fourth-order valence-electron chi connectivity index (χ4n) is 5.28. The van der Waals surface area contributed by atoms with Crippen LogP contribution >= 0.6 is 0 Å². The monoisotopic (exact) mass is 599 g/mol. The minimum Gasteiger partial charge on any atom is -0.474 e. The predicted octanol–water partition coefficient (Wildman–Crippen LogP) is 6.44. The number of halogens is 3. The first-order valence-electron chi connectivity index (χ1n) is 14.1. The first kappa shape index (κ1) is 29.9. The van der Waals surface area contributed by atoms with Crippen LogP contribution in [0, 0.1) is 17.0 Å². The number of carbonyl (C=O) groups excluding carboxylic acids is 1. The first-order chi connectivity index (χ1) is 20.5. The molecule has 228 valence electrons. The van der Waals surface area contributed by atoms with Gasteiger partial charge in [0.1, 0.15) is 23.2 Å². The van der Waals surface area contributed by atoms with Crippen LogP contribution in [0.15, 0.2) is 60.7 Å². The van der Waals surface area contributed by atoms with Crippen LogP contribution in [-0.2, 0) is 6.18 Å². The summed E-state index contributed by atoms with van der Waals surface area (Å²) in [6.07, 6.45) is -2.65. The SMILES string of the molecule is Cc1ccc(OC(=O)N2CCN(c3cccc(OC4CCC(Nc5ccc([N+](=O)[O-])c(C(F)(F)F)c5)CC4)n3)CC2)cc1. The molecule has 1 N–H and O–H groups in total. The van der Waals surface area contributed by atoms with Crippen molar-refractivity contribution in [3.05, 3.63) is 81.9 Å². The van der Waals surface area contributed by atoms with Crippen LogP contribution in [0.5, 0.6) is 11.6 Å². The number of alkyl halides is 3.